The maximum atomic E-state index is 6.18. The van der Waals surface area contributed by atoms with Gasteiger partial charge in [-0.25, -0.2) is 0 Å². The van der Waals surface area contributed by atoms with Gasteiger partial charge in [0, 0.05) is 0 Å². The number of para-hydroxylation sites is 1. The third-order valence-electron chi connectivity index (χ3n) is 5.33. The van der Waals surface area contributed by atoms with E-state index in [-0.39, 0.29) is 24.8 Å². The van der Waals surface area contributed by atoms with Gasteiger partial charge in [0.25, 0.3) is 0 Å². The molecule has 1 aromatic heterocycles. The van der Waals surface area contributed by atoms with Crippen LogP contribution < -0.4 is 28.1 Å². The molecular formula is C21H16BrCl2NSZr. The van der Waals surface area contributed by atoms with Crippen LogP contribution in [-0.2, 0) is 33.2 Å². The van der Waals surface area contributed by atoms with E-state index in [1.54, 1.807) is 0 Å². The number of allylic oxidation sites excluding steroid dienone is 4. The molecule has 2 aromatic carbocycles. The number of benzene rings is 2. The van der Waals surface area contributed by atoms with E-state index >= 15 is 0 Å². The van der Waals surface area contributed by atoms with Crippen LogP contribution in [0.2, 0.25) is 0 Å². The summed E-state index contributed by atoms with van der Waals surface area (Å²) in [5.41, 5.74) is 7.08. The molecule has 3 aromatic rings. The number of aromatic nitrogens is 1. The molecule has 0 aliphatic heterocycles. The number of aryl methyl sites for hydroxylation is 1. The number of nitrogens with zero attached hydrogens (tertiary/aromatic N) is 1. The number of halogens is 3. The fourth-order valence-corrected chi connectivity index (χ4v) is 11.2. The first kappa shape index (κ1) is 21.3. The van der Waals surface area contributed by atoms with E-state index in [9.17, 15) is 0 Å². The van der Waals surface area contributed by atoms with Crippen LogP contribution in [0.15, 0.2) is 62.4 Å². The largest absolute Gasteiger partial charge is 1.00 e. The molecule has 0 fully saturated rings. The molecule has 27 heavy (non-hydrogen) atoms. The molecule has 5 rings (SSSR count). The summed E-state index contributed by atoms with van der Waals surface area (Å²) in [5, 5.41) is 1.37. The molecular weight excluding hydrogens is 540 g/mol. The van der Waals surface area contributed by atoms with Crippen LogP contribution in [0.3, 0.4) is 0 Å². The first-order chi connectivity index (χ1) is 12.1. The van der Waals surface area contributed by atoms with Crippen molar-refractivity contribution in [2.75, 3.05) is 0 Å². The Morgan fingerprint density at radius 2 is 1.89 bits per heavy atom. The van der Waals surface area contributed by atoms with Crippen molar-refractivity contribution in [3.05, 3.63) is 73.6 Å². The van der Waals surface area contributed by atoms with Crippen LogP contribution in [0.1, 0.15) is 17.7 Å². The number of fused-ring (bicyclic) bond motifs is 5. The summed E-state index contributed by atoms with van der Waals surface area (Å²) in [6, 6.07) is 13.4. The molecule has 1 nitrogen and oxygen atoms in total. The van der Waals surface area contributed by atoms with Crippen molar-refractivity contribution in [1.82, 2.24) is 4.57 Å². The second-order valence-corrected chi connectivity index (χ2v) is 14.6. The molecule has 1 heterocycles. The molecule has 2 aliphatic rings. The van der Waals surface area contributed by atoms with Gasteiger partial charge in [-0.3, -0.25) is 0 Å². The minimum Gasteiger partial charge on any atom is -1.00 e. The van der Waals surface area contributed by atoms with Gasteiger partial charge in [-0.1, -0.05) is 0 Å². The minimum absolute atomic E-state index is 0. The normalized spacial score (nSPS) is 13.3. The summed E-state index contributed by atoms with van der Waals surface area (Å²) in [6.45, 7) is 0. The quantitative estimate of drug-likeness (QED) is 0.329. The van der Waals surface area contributed by atoms with Crippen molar-refractivity contribution < 1.29 is 44.5 Å². The van der Waals surface area contributed by atoms with Crippen molar-refractivity contribution in [2.24, 2.45) is 7.05 Å². The van der Waals surface area contributed by atoms with Gasteiger partial charge in [0.05, 0.1) is 0 Å². The van der Waals surface area contributed by atoms with Gasteiger partial charge < -0.3 is 24.8 Å². The molecule has 0 unspecified atom stereocenters. The van der Waals surface area contributed by atoms with Gasteiger partial charge in [-0.2, -0.15) is 0 Å². The van der Waals surface area contributed by atoms with Crippen LogP contribution in [0.5, 0.6) is 0 Å². The van der Waals surface area contributed by atoms with Crippen molar-refractivity contribution in [3.63, 3.8) is 0 Å². The Hall–Kier alpha value is -0.377. The fraction of sp³-hybridized carbons (Fsp3) is 0.143. The fourth-order valence-electron chi connectivity index (χ4n) is 4.18. The number of hydrogen-bond donors (Lipinski definition) is 0. The molecule has 0 bridgehead atoms. The second-order valence-electron chi connectivity index (χ2n) is 6.72. The van der Waals surface area contributed by atoms with Crippen molar-refractivity contribution in [1.29, 1.82) is 0 Å². The Labute approximate surface area is 191 Å². The molecule has 0 saturated carbocycles. The number of rotatable bonds is 2. The van der Waals surface area contributed by atoms with E-state index < -0.39 is 19.7 Å². The van der Waals surface area contributed by atoms with Crippen LogP contribution in [0.25, 0.3) is 22.0 Å². The van der Waals surface area contributed by atoms with Crippen LogP contribution in [0.4, 0.5) is 0 Å². The van der Waals surface area contributed by atoms with Crippen molar-refractivity contribution in [2.45, 2.75) is 12.8 Å². The molecule has 0 spiro atoms. The van der Waals surface area contributed by atoms with Crippen LogP contribution >= 0.6 is 24.8 Å². The van der Waals surface area contributed by atoms with Gasteiger partial charge in [0.2, 0.25) is 0 Å². The summed E-state index contributed by atoms with van der Waals surface area (Å²) >= 11 is 1.50. The van der Waals surface area contributed by atoms with E-state index in [1.165, 1.54) is 44.3 Å². The standard InChI is InChI=1S/C16H11BrN.C5H5.2ClH.S.Zr/c1-18-14-5-3-2-4-13(14)16-12-7-6-11(17)8-10(12)9-15(16)18;1-2-4-5-3-1;;;;/h2-6,8H,9H2,1H3;1-3H,4H2;2*1H;;/q;;;;;+2/p-2. The predicted molar refractivity (Wildman–Crippen MR) is 108 cm³/mol. The summed E-state index contributed by atoms with van der Waals surface area (Å²) in [5.74, 6) is 0. The summed E-state index contributed by atoms with van der Waals surface area (Å²) < 4.78 is 6.52. The Morgan fingerprint density at radius 3 is 2.63 bits per heavy atom. The third kappa shape index (κ3) is 3.32. The first-order valence-corrected chi connectivity index (χ1v) is 15.1. The van der Waals surface area contributed by atoms with Gasteiger partial charge in [0.1, 0.15) is 0 Å². The molecule has 0 radical (unpaired) electrons. The zero-order valence-corrected chi connectivity index (χ0v) is 21.0. The van der Waals surface area contributed by atoms with Gasteiger partial charge in [0.15, 0.2) is 0 Å². The Kier molecular flexibility index (Phi) is 6.45. The van der Waals surface area contributed by atoms with Crippen molar-refractivity contribution >= 4 is 39.0 Å². The first-order valence-electron chi connectivity index (χ1n) is 8.44. The second kappa shape index (κ2) is 8.16. The topological polar surface area (TPSA) is 4.93 Å². The van der Waals surface area contributed by atoms with E-state index in [2.05, 4.69) is 82.2 Å². The molecule has 2 aliphatic carbocycles. The zero-order valence-electron chi connectivity index (χ0n) is 14.6. The molecule has 0 saturated heterocycles. The summed E-state index contributed by atoms with van der Waals surface area (Å²) in [7, 11) is 8.38. The average molecular weight is 556 g/mol. The van der Waals surface area contributed by atoms with Gasteiger partial charge in [-0.05, 0) is 0 Å². The van der Waals surface area contributed by atoms with E-state index in [1.807, 2.05) is 0 Å². The molecule has 0 atom stereocenters. The van der Waals surface area contributed by atoms with Crippen LogP contribution in [0, 0.1) is 0 Å². The van der Waals surface area contributed by atoms with E-state index in [0.29, 0.717) is 0 Å². The maximum Gasteiger partial charge on any atom is -1.00 e. The third-order valence-corrected chi connectivity index (χ3v) is 13.2. The average Bonchev–Trinajstić information content (AvgIpc) is 3.31. The Bertz CT molecular complexity index is 1150. The molecule has 136 valence electrons. The predicted octanol–water partition coefficient (Wildman–Crippen LogP) is -0.280. The Morgan fingerprint density at radius 1 is 1.11 bits per heavy atom. The Balaban J connectivity index is 0.00000105. The van der Waals surface area contributed by atoms with E-state index in [0.717, 1.165) is 12.8 Å². The van der Waals surface area contributed by atoms with Crippen molar-refractivity contribution in [3.8, 4) is 11.1 Å². The van der Waals surface area contributed by atoms with E-state index in [4.69, 9.17) is 8.86 Å². The molecule has 0 amide bonds. The van der Waals surface area contributed by atoms with Gasteiger partial charge in [-0.15, -0.1) is 0 Å². The monoisotopic (exact) mass is 553 g/mol. The summed E-state index contributed by atoms with van der Waals surface area (Å²) in [6.07, 6.45) is 8.74. The molecule has 6 heteroatoms. The van der Waals surface area contributed by atoms with Gasteiger partial charge >= 0.3 is 168 Å². The zero-order chi connectivity index (χ0) is 17.1. The molecule has 0 N–H and O–H groups in total. The number of hydrogen-bond acceptors (Lipinski definition) is 1. The summed E-state index contributed by atoms with van der Waals surface area (Å²) in [4.78, 5) is 0. The SMILES string of the molecule is Cn1c2c(c3ccccc31)-c1c(cc(Br)c[c]1[Zr+2](=[S])[C]1=CC=CC1)C2.[Cl-].[Cl-]. The maximum absolute atomic E-state index is 6.18. The smallest absolute Gasteiger partial charge is 1.00 e. The van der Waals surface area contributed by atoms with Crippen LogP contribution in [-0.4, -0.2) is 4.57 Å². The minimum atomic E-state index is -2.24.